The van der Waals surface area contributed by atoms with Gasteiger partial charge >= 0.3 is 0 Å². The second-order valence-corrected chi connectivity index (χ2v) is 6.72. The molecule has 0 amide bonds. The Labute approximate surface area is 145 Å². The molecule has 0 aromatic heterocycles. The zero-order valence-corrected chi connectivity index (χ0v) is 14.9. The number of hydrogen-bond acceptors (Lipinski definition) is 2. The predicted octanol–water partition coefficient (Wildman–Crippen LogP) is 4.99. The lowest BCUT2D eigenvalue weighted by Gasteiger charge is -2.30. The highest BCUT2D eigenvalue weighted by atomic mass is 15.1. The highest BCUT2D eigenvalue weighted by Gasteiger charge is 2.43. The van der Waals surface area contributed by atoms with Crippen LogP contribution in [0.2, 0.25) is 0 Å². The first-order chi connectivity index (χ1) is 11.7. The molecule has 0 radical (unpaired) electrons. The summed E-state index contributed by atoms with van der Waals surface area (Å²) in [6, 6.07) is 20.0. The largest absolute Gasteiger partial charge is 0.301 e. The molecule has 0 saturated carbocycles. The Morgan fingerprint density at radius 3 is 1.92 bits per heavy atom. The van der Waals surface area contributed by atoms with E-state index in [0.717, 1.165) is 25.9 Å². The molecule has 2 heteroatoms. The molecule has 1 aliphatic rings. The van der Waals surface area contributed by atoms with Crippen LogP contribution in [0.25, 0.3) is 11.1 Å². The molecule has 124 valence electrons. The van der Waals surface area contributed by atoms with Gasteiger partial charge in [0.15, 0.2) is 0 Å². The molecule has 0 spiro atoms. The van der Waals surface area contributed by atoms with Gasteiger partial charge in [0.2, 0.25) is 0 Å². The first-order valence-corrected chi connectivity index (χ1v) is 9.02. The van der Waals surface area contributed by atoms with Crippen LogP contribution >= 0.6 is 0 Å². The number of benzene rings is 2. The van der Waals surface area contributed by atoms with Crippen molar-refractivity contribution in [2.24, 2.45) is 0 Å². The van der Waals surface area contributed by atoms with Crippen LogP contribution in [0.15, 0.2) is 48.5 Å². The summed E-state index contributed by atoms with van der Waals surface area (Å²) in [4.78, 5) is 2.47. The van der Waals surface area contributed by atoms with Crippen molar-refractivity contribution in [1.29, 1.82) is 5.26 Å². The third kappa shape index (κ3) is 2.54. The van der Waals surface area contributed by atoms with E-state index >= 15 is 0 Å². The zero-order valence-electron chi connectivity index (χ0n) is 14.9. The van der Waals surface area contributed by atoms with Gasteiger partial charge in [-0.1, -0.05) is 62.4 Å². The van der Waals surface area contributed by atoms with Crippen LogP contribution in [-0.4, -0.2) is 24.0 Å². The Morgan fingerprint density at radius 2 is 1.46 bits per heavy atom. The second-order valence-electron chi connectivity index (χ2n) is 6.72. The lowest BCUT2D eigenvalue weighted by atomic mass is 9.75. The van der Waals surface area contributed by atoms with E-state index in [1.807, 2.05) is 0 Å². The number of hydrogen-bond donors (Lipinski definition) is 0. The van der Waals surface area contributed by atoms with E-state index in [2.05, 4.69) is 80.3 Å². The average Bonchev–Trinajstić information content (AvgIpc) is 2.92. The SMILES string of the molecule is CCN(CC)C(C)CCC1(C#N)c2ccccc2-c2ccccc21. The van der Waals surface area contributed by atoms with Gasteiger partial charge in [-0.2, -0.15) is 5.26 Å². The molecular formula is C22H26N2. The fourth-order valence-electron chi connectivity index (χ4n) is 4.23. The van der Waals surface area contributed by atoms with Gasteiger partial charge in [-0.15, -0.1) is 0 Å². The van der Waals surface area contributed by atoms with Gasteiger partial charge in [-0.25, -0.2) is 0 Å². The van der Waals surface area contributed by atoms with Crippen LogP contribution < -0.4 is 0 Å². The van der Waals surface area contributed by atoms with Crippen LogP contribution in [0.3, 0.4) is 0 Å². The maximum absolute atomic E-state index is 10.2. The molecule has 2 nitrogen and oxygen atoms in total. The van der Waals surface area contributed by atoms with Crippen LogP contribution in [-0.2, 0) is 5.41 Å². The molecule has 2 aromatic carbocycles. The first-order valence-electron chi connectivity index (χ1n) is 9.02. The quantitative estimate of drug-likeness (QED) is 0.750. The van der Waals surface area contributed by atoms with Gasteiger partial charge in [-0.3, -0.25) is 0 Å². The third-order valence-electron chi connectivity index (χ3n) is 5.63. The van der Waals surface area contributed by atoms with Gasteiger partial charge in [0.1, 0.15) is 5.41 Å². The molecule has 24 heavy (non-hydrogen) atoms. The molecule has 1 unspecified atom stereocenters. The van der Waals surface area contributed by atoms with Crippen molar-refractivity contribution in [3.63, 3.8) is 0 Å². The molecule has 1 aliphatic carbocycles. The minimum atomic E-state index is -0.505. The molecule has 0 bridgehead atoms. The van der Waals surface area contributed by atoms with Crippen molar-refractivity contribution >= 4 is 0 Å². The predicted molar refractivity (Wildman–Crippen MR) is 99.9 cm³/mol. The Hall–Kier alpha value is -2.11. The van der Waals surface area contributed by atoms with Crippen LogP contribution in [0.4, 0.5) is 0 Å². The Kier molecular flexibility index (Phi) is 4.73. The van der Waals surface area contributed by atoms with Crippen LogP contribution in [0.1, 0.15) is 44.7 Å². The second kappa shape index (κ2) is 6.79. The molecule has 3 rings (SSSR count). The van der Waals surface area contributed by atoms with Crippen molar-refractivity contribution in [2.75, 3.05) is 13.1 Å². The summed E-state index contributed by atoms with van der Waals surface area (Å²) in [5, 5.41) is 10.2. The zero-order chi connectivity index (χ0) is 17.2. The summed E-state index contributed by atoms with van der Waals surface area (Å²) in [6.45, 7) is 8.82. The Morgan fingerprint density at radius 1 is 0.958 bits per heavy atom. The van der Waals surface area contributed by atoms with E-state index in [1.165, 1.54) is 22.3 Å². The van der Waals surface area contributed by atoms with Gasteiger partial charge in [-0.05, 0) is 55.1 Å². The summed E-state index contributed by atoms with van der Waals surface area (Å²) >= 11 is 0. The fraction of sp³-hybridized carbons (Fsp3) is 0.409. The highest BCUT2D eigenvalue weighted by Crippen LogP contribution is 2.51. The van der Waals surface area contributed by atoms with Gasteiger partial charge < -0.3 is 4.90 Å². The van der Waals surface area contributed by atoms with E-state index < -0.39 is 5.41 Å². The van der Waals surface area contributed by atoms with Crippen molar-refractivity contribution in [3.8, 4) is 17.2 Å². The molecular weight excluding hydrogens is 292 g/mol. The van der Waals surface area contributed by atoms with Crippen LogP contribution in [0, 0.1) is 11.3 Å². The minimum Gasteiger partial charge on any atom is -0.301 e. The lowest BCUT2D eigenvalue weighted by Crippen LogP contribution is -2.34. The molecule has 0 fully saturated rings. The minimum absolute atomic E-state index is 0.491. The third-order valence-corrected chi connectivity index (χ3v) is 5.63. The van der Waals surface area contributed by atoms with Gasteiger partial charge in [0, 0.05) is 6.04 Å². The Bertz CT molecular complexity index is 707. The van der Waals surface area contributed by atoms with E-state index in [9.17, 15) is 5.26 Å². The molecule has 0 heterocycles. The topological polar surface area (TPSA) is 27.0 Å². The maximum atomic E-state index is 10.2. The summed E-state index contributed by atoms with van der Waals surface area (Å²) in [5.74, 6) is 0. The molecule has 2 aromatic rings. The van der Waals surface area contributed by atoms with E-state index in [1.54, 1.807) is 0 Å². The van der Waals surface area contributed by atoms with E-state index in [4.69, 9.17) is 0 Å². The summed E-state index contributed by atoms with van der Waals surface area (Å²) in [7, 11) is 0. The smallest absolute Gasteiger partial charge is 0.108 e. The van der Waals surface area contributed by atoms with Crippen molar-refractivity contribution in [3.05, 3.63) is 59.7 Å². The normalized spacial score (nSPS) is 15.6. The lowest BCUT2D eigenvalue weighted by molar-refractivity contribution is 0.213. The van der Waals surface area contributed by atoms with E-state index in [-0.39, 0.29) is 0 Å². The van der Waals surface area contributed by atoms with E-state index in [0.29, 0.717) is 6.04 Å². The molecule has 0 saturated heterocycles. The summed E-state index contributed by atoms with van der Waals surface area (Å²) in [6.07, 6.45) is 1.90. The fourth-order valence-corrected chi connectivity index (χ4v) is 4.23. The maximum Gasteiger partial charge on any atom is 0.108 e. The van der Waals surface area contributed by atoms with Gasteiger partial charge in [0.05, 0.1) is 6.07 Å². The Balaban J connectivity index is 1.99. The number of nitrogens with zero attached hydrogens (tertiary/aromatic N) is 2. The molecule has 0 aliphatic heterocycles. The average molecular weight is 318 g/mol. The summed E-state index contributed by atoms with van der Waals surface area (Å²) in [5.41, 5.74) is 4.31. The van der Waals surface area contributed by atoms with Gasteiger partial charge in [0.25, 0.3) is 0 Å². The van der Waals surface area contributed by atoms with Crippen molar-refractivity contribution in [2.45, 2.75) is 45.1 Å². The van der Waals surface area contributed by atoms with Crippen molar-refractivity contribution in [1.82, 2.24) is 4.90 Å². The first kappa shape index (κ1) is 16.7. The summed E-state index contributed by atoms with van der Waals surface area (Å²) < 4.78 is 0. The van der Waals surface area contributed by atoms with Crippen molar-refractivity contribution < 1.29 is 0 Å². The van der Waals surface area contributed by atoms with Crippen LogP contribution in [0.5, 0.6) is 0 Å². The number of nitriles is 1. The molecule has 0 N–H and O–H groups in total. The highest BCUT2D eigenvalue weighted by molar-refractivity contribution is 5.82. The number of fused-ring (bicyclic) bond motifs is 3. The standard InChI is InChI=1S/C22H26N2/c1-4-24(5-2)17(3)14-15-22(16-23)20-12-8-6-10-18(20)19-11-7-9-13-21(19)22/h6-13,17H,4-5,14-15H2,1-3H3. The monoisotopic (exact) mass is 318 g/mol. The molecule has 1 atom stereocenters. The number of rotatable bonds is 6.